The average molecular weight is 309 g/mol. The topological polar surface area (TPSA) is 79.5 Å². The molecule has 0 radical (unpaired) electrons. The highest BCUT2D eigenvalue weighted by Gasteiger charge is 2.20. The van der Waals surface area contributed by atoms with E-state index in [1.807, 2.05) is 31.2 Å². The van der Waals surface area contributed by atoms with Crippen molar-refractivity contribution in [1.82, 2.24) is 4.72 Å². The zero-order valence-corrected chi connectivity index (χ0v) is 12.9. The third-order valence-electron chi connectivity index (χ3n) is 3.32. The van der Waals surface area contributed by atoms with Gasteiger partial charge in [0, 0.05) is 12.6 Å². The molecule has 21 heavy (non-hydrogen) atoms. The number of nitrogens with one attached hydrogen (secondary N) is 1. The van der Waals surface area contributed by atoms with Crippen LogP contribution in [-0.4, -0.2) is 20.1 Å². The summed E-state index contributed by atoms with van der Waals surface area (Å²) < 4.78 is 32.1. The van der Waals surface area contributed by atoms with Crippen LogP contribution in [-0.2, 0) is 23.1 Å². The Kier molecular flexibility index (Phi) is 4.82. The van der Waals surface area contributed by atoms with Crippen molar-refractivity contribution >= 4 is 10.0 Å². The molecule has 0 atom stereocenters. The average Bonchev–Trinajstić information content (AvgIpc) is 2.83. The molecule has 0 bridgehead atoms. The minimum absolute atomic E-state index is 0.0799. The molecular weight excluding hydrogens is 290 g/mol. The Morgan fingerprint density at radius 1 is 1.24 bits per heavy atom. The number of aliphatic hydroxyl groups is 1. The van der Waals surface area contributed by atoms with E-state index in [0.29, 0.717) is 13.0 Å². The number of benzene rings is 1. The van der Waals surface area contributed by atoms with Gasteiger partial charge in [0.1, 0.15) is 23.0 Å². The summed E-state index contributed by atoms with van der Waals surface area (Å²) in [6.07, 6.45) is 0.621. The van der Waals surface area contributed by atoms with E-state index in [2.05, 4.69) is 4.72 Å². The molecule has 5 nitrogen and oxygen atoms in total. The zero-order chi connectivity index (χ0) is 15.5. The van der Waals surface area contributed by atoms with Crippen molar-refractivity contribution in [2.45, 2.75) is 31.8 Å². The number of rotatable bonds is 6. The van der Waals surface area contributed by atoms with Crippen molar-refractivity contribution < 1.29 is 17.9 Å². The fourth-order valence-electron chi connectivity index (χ4n) is 2.16. The van der Waals surface area contributed by atoms with Crippen LogP contribution < -0.4 is 4.72 Å². The molecule has 0 saturated heterocycles. The van der Waals surface area contributed by atoms with Crippen molar-refractivity contribution in [3.05, 3.63) is 53.0 Å². The van der Waals surface area contributed by atoms with Gasteiger partial charge in [-0.25, -0.2) is 13.1 Å². The Labute approximate surface area is 124 Å². The van der Waals surface area contributed by atoms with E-state index in [1.165, 1.54) is 6.07 Å². The second kappa shape index (κ2) is 6.43. The van der Waals surface area contributed by atoms with Gasteiger partial charge in [-0.2, -0.15) is 0 Å². The summed E-state index contributed by atoms with van der Waals surface area (Å²) in [5.41, 5.74) is 2.25. The monoisotopic (exact) mass is 309 g/mol. The number of hydrogen-bond acceptors (Lipinski definition) is 4. The maximum Gasteiger partial charge on any atom is 0.244 e. The fourth-order valence-corrected chi connectivity index (χ4v) is 3.39. The molecule has 2 aromatic rings. The summed E-state index contributed by atoms with van der Waals surface area (Å²) in [6, 6.07) is 9.22. The Hall–Kier alpha value is -1.63. The minimum Gasteiger partial charge on any atom is -0.462 e. The van der Waals surface area contributed by atoms with Crippen molar-refractivity contribution in [3.63, 3.8) is 0 Å². The second-order valence-electron chi connectivity index (χ2n) is 4.87. The number of aryl methyl sites for hydroxylation is 2. The first-order chi connectivity index (χ1) is 9.94. The van der Waals surface area contributed by atoms with Crippen LogP contribution in [0.1, 0.15) is 22.6 Å². The predicted molar refractivity (Wildman–Crippen MR) is 79.4 cm³/mol. The SMILES string of the molecule is Cc1ccccc1CCNS(=O)(=O)c1cc(CO)oc1C. The number of hydrogen-bond donors (Lipinski definition) is 2. The van der Waals surface area contributed by atoms with Gasteiger partial charge in [0.2, 0.25) is 10.0 Å². The quantitative estimate of drug-likeness (QED) is 0.854. The molecule has 1 aromatic carbocycles. The van der Waals surface area contributed by atoms with Crippen molar-refractivity contribution in [1.29, 1.82) is 0 Å². The van der Waals surface area contributed by atoms with Gasteiger partial charge in [0.05, 0.1) is 0 Å². The van der Waals surface area contributed by atoms with Crippen LogP contribution in [0, 0.1) is 13.8 Å². The van der Waals surface area contributed by atoms with E-state index >= 15 is 0 Å². The Morgan fingerprint density at radius 3 is 2.57 bits per heavy atom. The lowest BCUT2D eigenvalue weighted by Crippen LogP contribution is -2.26. The van der Waals surface area contributed by atoms with Gasteiger partial charge in [0.15, 0.2) is 0 Å². The highest BCUT2D eigenvalue weighted by molar-refractivity contribution is 7.89. The number of sulfonamides is 1. The van der Waals surface area contributed by atoms with E-state index in [0.717, 1.165) is 11.1 Å². The van der Waals surface area contributed by atoms with Crippen LogP contribution in [0.25, 0.3) is 0 Å². The van der Waals surface area contributed by atoms with Gasteiger partial charge in [-0.3, -0.25) is 0 Å². The smallest absolute Gasteiger partial charge is 0.244 e. The van der Waals surface area contributed by atoms with Crippen LogP contribution >= 0.6 is 0 Å². The molecule has 0 amide bonds. The van der Waals surface area contributed by atoms with Crippen LogP contribution in [0.15, 0.2) is 39.6 Å². The highest BCUT2D eigenvalue weighted by atomic mass is 32.2. The lowest BCUT2D eigenvalue weighted by molar-refractivity contribution is 0.244. The van der Waals surface area contributed by atoms with Crippen LogP contribution in [0.5, 0.6) is 0 Å². The maximum atomic E-state index is 12.2. The van der Waals surface area contributed by atoms with Gasteiger partial charge in [0.25, 0.3) is 0 Å². The first-order valence-electron chi connectivity index (χ1n) is 6.68. The van der Waals surface area contributed by atoms with Crippen molar-refractivity contribution in [2.24, 2.45) is 0 Å². The standard InChI is InChI=1S/C15H19NO4S/c1-11-5-3-4-6-13(11)7-8-16-21(18,19)15-9-14(10-17)20-12(15)2/h3-6,9,16-17H,7-8,10H2,1-2H3. The van der Waals surface area contributed by atoms with Crippen molar-refractivity contribution in [2.75, 3.05) is 6.54 Å². The zero-order valence-electron chi connectivity index (χ0n) is 12.1. The van der Waals surface area contributed by atoms with E-state index in [-0.39, 0.29) is 23.0 Å². The predicted octanol–water partition coefficient (Wildman–Crippen LogP) is 1.91. The molecule has 0 aliphatic rings. The summed E-state index contributed by atoms with van der Waals surface area (Å²) in [6.45, 7) is 3.55. The van der Waals surface area contributed by atoms with Crippen LogP contribution in [0.4, 0.5) is 0 Å². The molecule has 0 aliphatic heterocycles. The number of furan rings is 1. The third kappa shape index (κ3) is 3.72. The van der Waals surface area contributed by atoms with E-state index in [4.69, 9.17) is 9.52 Å². The first kappa shape index (κ1) is 15.8. The molecule has 0 aliphatic carbocycles. The van der Waals surface area contributed by atoms with Crippen LogP contribution in [0.3, 0.4) is 0 Å². The molecule has 0 saturated carbocycles. The summed E-state index contributed by atoms with van der Waals surface area (Å²) in [4.78, 5) is 0.0799. The molecule has 1 heterocycles. The first-order valence-corrected chi connectivity index (χ1v) is 8.16. The summed E-state index contributed by atoms with van der Waals surface area (Å²) in [7, 11) is -3.62. The maximum absolute atomic E-state index is 12.2. The summed E-state index contributed by atoms with van der Waals surface area (Å²) in [5.74, 6) is 0.522. The molecule has 114 valence electrons. The van der Waals surface area contributed by atoms with Crippen LogP contribution in [0.2, 0.25) is 0 Å². The van der Waals surface area contributed by atoms with Gasteiger partial charge in [-0.1, -0.05) is 24.3 Å². The molecular formula is C15H19NO4S. The largest absolute Gasteiger partial charge is 0.462 e. The van der Waals surface area contributed by atoms with Gasteiger partial charge < -0.3 is 9.52 Å². The normalized spacial score (nSPS) is 11.8. The Bertz CT molecular complexity index is 719. The highest BCUT2D eigenvalue weighted by Crippen LogP contribution is 2.19. The van der Waals surface area contributed by atoms with E-state index < -0.39 is 10.0 Å². The molecule has 1 aromatic heterocycles. The fraction of sp³-hybridized carbons (Fsp3) is 0.333. The third-order valence-corrected chi connectivity index (χ3v) is 4.88. The lowest BCUT2D eigenvalue weighted by atomic mass is 10.1. The molecule has 6 heteroatoms. The van der Waals surface area contributed by atoms with E-state index in [9.17, 15) is 8.42 Å². The number of aliphatic hydroxyl groups excluding tert-OH is 1. The van der Waals surface area contributed by atoms with Gasteiger partial charge >= 0.3 is 0 Å². The Balaban J connectivity index is 2.05. The molecule has 0 fully saturated rings. The summed E-state index contributed by atoms with van der Waals surface area (Å²) in [5, 5.41) is 8.99. The van der Waals surface area contributed by atoms with Crippen molar-refractivity contribution in [3.8, 4) is 0 Å². The Morgan fingerprint density at radius 2 is 1.95 bits per heavy atom. The van der Waals surface area contributed by atoms with Gasteiger partial charge in [-0.05, 0) is 31.4 Å². The molecule has 2 N–H and O–H groups in total. The van der Waals surface area contributed by atoms with E-state index in [1.54, 1.807) is 6.92 Å². The molecule has 0 spiro atoms. The second-order valence-corrected chi connectivity index (χ2v) is 6.60. The molecule has 0 unspecified atom stereocenters. The summed E-state index contributed by atoms with van der Waals surface area (Å²) >= 11 is 0. The minimum atomic E-state index is -3.62. The lowest BCUT2D eigenvalue weighted by Gasteiger charge is -2.07. The van der Waals surface area contributed by atoms with Gasteiger partial charge in [-0.15, -0.1) is 0 Å². The molecule has 2 rings (SSSR count).